The van der Waals surface area contributed by atoms with Crippen molar-refractivity contribution in [2.24, 2.45) is 0 Å². The van der Waals surface area contributed by atoms with E-state index in [4.69, 9.17) is 15.2 Å². The molecular formula is C17H19FN4O3. The number of hydrogen-bond donors (Lipinski definition) is 1. The molecule has 0 unspecified atom stereocenters. The maximum atomic E-state index is 14.2. The van der Waals surface area contributed by atoms with Crippen molar-refractivity contribution in [1.82, 2.24) is 14.5 Å². The molecule has 3 aromatic rings. The van der Waals surface area contributed by atoms with Crippen LogP contribution in [0.25, 0.3) is 21.9 Å². The van der Waals surface area contributed by atoms with Crippen LogP contribution in [0.2, 0.25) is 0 Å². The van der Waals surface area contributed by atoms with Crippen molar-refractivity contribution in [3.63, 3.8) is 0 Å². The van der Waals surface area contributed by atoms with Crippen LogP contribution in [-0.4, -0.2) is 33.2 Å². The molecule has 7 nitrogen and oxygen atoms in total. The van der Waals surface area contributed by atoms with Gasteiger partial charge in [0.2, 0.25) is 0 Å². The number of nitrogens with zero attached hydrogens (tertiary/aromatic N) is 3. The average Bonchev–Trinajstić information content (AvgIpc) is 2.79. The molecule has 0 aliphatic heterocycles. The summed E-state index contributed by atoms with van der Waals surface area (Å²) in [6.07, 6.45) is 1.30. The quantitative estimate of drug-likeness (QED) is 0.733. The zero-order valence-electron chi connectivity index (χ0n) is 14.5. The molecule has 8 heteroatoms. The average molecular weight is 346 g/mol. The third-order valence-corrected chi connectivity index (χ3v) is 3.65. The Morgan fingerprint density at radius 1 is 1.32 bits per heavy atom. The molecule has 2 heterocycles. The van der Waals surface area contributed by atoms with E-state index in [2.05, 4.69) is 9.97 Å². The van der Waals surface area contributed by atoms with Crippen molar-refractivity contribution in [3.8, 4) is 5.75 Å². The van der Waals surface area contributed by atoms with Crippen molar-refractivity contribution in [2.75, 3.05) is 12.8 Å². The number of carbonyl (C=O) groups excluding carboxylic acids is 1. The fraction of sp³-hybridized carbons (Fsp3) is 0.353. The molecule has 0 fully saturated rings. The Morgan fingerprint density at radius 2 is 2.04 bits per heavy atom. The minimum absolute atomic E-state index is 0.0623. The predicted molar refractivity (Wildman–Crippen MR) is 91.8 cm³/mol. The molecule has 3 rings (SSSR count). The number of anilines is 1. The summed E-state index contributed by atoms with van der Waals surface area (Å²) in [7, 11) is 1.37. The van der Waals surface area contributed by atoms with E-state index in [0.29, 0.717) is 21.9 Å². The molecule has 1 aromatic carbocycles. The number of fused-ring (bicyclic) bond motifs is 3. The van der Waals surface area contributed by atoms with Crippen LogP contribution in [0.3, 0.4) is 0 Å². The third-order valence-electron chi connectivity index (χ3n) is 3.65. The van der Waals surface area contributed by atoms with E-state index in [1.807, 2.05) is 0 Å². The van der Waals surface area contributed by atoms with Gasteiger partial charge in [-0.25, -0.2) is 14.4 Å². The number of esters is 1. The first-order valence-corrected chi connectivity index (χ1v) is 7.69. The molecule has 25 heavy (non-hydrogen) atoms. The standard InChI is InChI=1S/C17H19FN4O3/c1-17(2,3)25-13(23)7-22-11-6-12(24-4)10(18)5-9(11)14-15(19)20-8-21-16(14)22/h5-6,8H,7H2,1-4H3,(H2,19,20,21). The molecule has 0 saturated heterocycles. The second-order valence-corrected chi connectivity index (χ2v) is 6.63. The molecule has 2 N–H and O–H groups in total. The van der Waals surface area contributed by atoms with Crippen LogP contribution >= 0.6 is 0 Å². The van der Waals surface area contributed by atoms with Gasteiger partial charge in [0, 0.05) is 11.5 Å². The van der Waals surface area contributed by atoms with E-state index in [1.165, 1.54) is 25.6 Å². The maximum absolute atomic E-state index is 14.2. The monoisotopic (exact) mass is 346 g/mol. The van der Waals surface area contributed by atoms with Crippen molar-refractivity contribution < 1.29 is 18.7 Å². The van der Waals surface area contributed by atoms with Crippen LogP contribution in [0.4, 0.5) is 10.2 Å². The topological polar surface area (TPSA) is 92.3 Å². The van der Waals surface area contributed by atoms with Crippen LogP contribution < -0.4 is 10.5 Å². The highest BCUT2D eigenvalue weighted by molar-refractivity contribution is 6.12. The lowest BCUT2D eigenvalue weighted by Crippen LogP contribution is -2.26. The number of ether oxygens (including phenoxy) is 2. The van der Waals surface area contributed by atoms with Gasteiger partial charge in [-0.15, -0.1) is 0 Å². The van der Waals surface area contributed by atoms with Gasteiger partial charge >= 0.3 is 5.97 Å². The Hall–Kier alpha value is -2.90. The fourth-order valence-electron chi connectivity index (χ4n) is 2.75. The lowest BCUT2D eigenvalue weighted by atomic mass is 10.2. The summed E-state index contributed by atoms with van der Waals surface area (Å²) in [5, 5.41) is 0.998. The summed E-state index contributed by atoms with van der Waals surface area (Å²) in [6.45, 7) is 5.27. The third kappa shape index (κ3) is 3.07. The number of halogens is 1. The first-order valence-electron chi connectivity index (χ1n) is 7.69. The molecule has 0 atom stereocenters. The molecule has 0 spiro atoms. The van der Waals surface area contributed by atoms with Gasteiger partial charge in [-0.3, -0.25) is 4.79 Å². The number of nitrogens with two attached hydrogens (primary N) is 1. The highest BCUT2D eigenvalue weighted by Crippen LogP contribution is 2.34. The van der Waals surface area contributed by atoms with Gasteiger partial charge < -0.3 is 19.8 Å². The molecule has 0 bridgehead atoms. The summed E-state index contributed by atoms with van der Waals surface area (Å²) >= 11 is 0. The van der Waals surface area contributed by atoms with Crippen molar-refractivity contribution in [3.05, 3.63) is 24.3 Å². The number of aromatic nitrogens is 3. The second kappa shape index (κ2) is 5.87. The molecule has 0 radical (unpaired) electrons. The van der Waals surface area contributed by atoms with Crippen molar-refractivity contribution in [1.29, 1.82) is 0 Å². The van der Waals surface area contributed by atoms with E-state index in [9.17, 15) is 9.18 Å². The number of methoxy groups -OCH3 is 1. The fourth-order valence-corrected chi connectivity index (χ4v) is 2.75. The molecular weight excluding hydrogens is 327 g/mol. The zero-order chi connectivity index (χ0) is 18.4. The van der Waals surface area contributed by atoms with E-state index in [1.54, 1.807) is 25.3 Å². The van der Waals surface area contributed by atoms with E-state index in [-0.39, 0.29) is 18.1 Å². The number of carbonyl (C=O) groups is 1. The van der Waals surface area contributed by atoms with Crippen LogP contribution in [0, 0.1) is 5.82 Å². The van der Waals surface area contributed by atoms with Crippen LogP contribution in [0.5, 0.6) is 5.75 Å². The maximum Gasteiger partial charge on any atom is 0.326 e. The molecule has 0 amide bonds. The second-order valence-electron chi connectivity index (χ2n) is 6.63. The molecule has 0 aliphatic carbocycles. The number of nitrogen functional groups attached to an aromatic ring is 1. The first kappa shape index (κ1) is 16.9. The van der Waals surface area contributed by atoms with Gasteiger partial charge in [-0.2, -0.15) is 0 Å². The van der Waals surface area contributed by atoms with E-state index < -0.39 is 17.4 Å². The first-order chi connectivity index (χ1) is 11.7. The van der Waals surface area contributed by atoms with Gasteiger partial charge in [0.1, 0.15) is 29.9 Å². The van der Waals surface area contributed by atoms with Gasteiger partial charge in [0.15, 0.2) is 11.6 Å². The zero-order valence-corrected chi connectivity index (χ0v) is 14.5. The van der Waals surface area contributed by atoms with Crippen molar-refractivity contribution in [2.45, 2.75) is 32.9 Å². The predicted octanol–water partition coefficient (Wildman–Crippen LogP) is 2.66. The lowest BCUT2D eigenvalue weighted by molar-refractivity contribution is -0.155. The Kier molecular flexibility index (Phi) is 3.98. The molecule has 0 aliphatic rings. The highest BCUT2D eigenvalue weighted by atomic mass is 19.1. The minimum Gasteiger partial charge on any atom is -0.494 e. The minimum atomic E-state index is -0.617. The number of benzene rings is 1. The number of rotatable bonds is 3. The summed E-state index contributed by atoms with van der Waals surface area (Å²) in [6, 6.07) is 2.82. The Morgan fingerprint density at radius 3 is 2.68 bits per heavy atom. The van der Waals surface area contributed by atoms with Gasteiger partial charge in [0.05, 0.1) is 18.0 Å². The summed E-state index contributed by atoms with van der Waals surface area (Å²) in [5.41, 5.74) is 6.33. The Balaban J connectivity index is 2.24. The SMILES string of the molecule is COc1cc2c(cc1F)c1c(N)ncnc1n2CC(=O)OC(C)(C)C. The molecule has 2 aromatic heterocycles. The van der Waals surface area contributed by atoms with E-state index >= 15 is 0 Å². The van der Waals surface area contributed by atoms with Crippen LogP contribution in [0.1, 0.15) is 20.8 Å². The largest absolute Gasteiger partial charge is 0.494 e. The summed E-state index contributed by atoms with van der Waals surface area (Å²) in [5.74, 6) is -0.698. The molecule has 0 saturated carbocycles. The van der Waals surface area contributed by atoms with Crippen molar-refractivity contribution >= 4 is 33.7 Å². The lowest BCUT2D eigenvalue weighted by Gasteiger charge is -2.20. The van der Waals surface area contributed by atoms with Gasteiger partial charge in [-0.05, 0) is 26.8 Å². The Labute approximate surface area is 143 Å². The highest BCUT2D eigenvalue weighted by Gasteiger charge is 2.22. The van der Waals surface area contributed by atoms with Crippen LogP contribution in [-0.2, 0) is 16.1 Å². The van der Waals surface area contributed by atoms with Gasteiger partial charge in [-0.1, -0.05) is 0 Å². The summed E-state index contributed by atoms with van der Waals surface area (Å²) in [4.78, 5) is 20.5. The van der Waals surface area contributed by atoms with Crippen LogP contribution in [0.15, 0.2) is 18.5 Å². The Bertz CT molecular complexity index is 976. The smallest absolute Gasteiger partial charge is 0.326 e. The number of hydrogen-bond acceptors (Lipinski definition) is 6. The van der Waals surface area contributed by atoms with E-state index in [0.717, 1.165) is 0 Å². The normalized spacial score (nSPS) is 11.9. The summed E-state index contributed by atoms with van der Waals surface area (Å²) < 4.78 is 26.2. The van der Waals surface area contributed by atoms with Gasteiger partial charge in [0.25, 0.3) is 0 Å². The molecule has 132 valence electrons.